The van der Waals surface area contributed by atoms with Gasteiger partial charge in [0.25, 0.3) is 0 Å². The maximum Gasteiger partial charge on any atom is 0.187 e. The van der Waals surface area contributed by atoms with E-state index in [1.54, 1.807) is 11.8 Å². The van der Waals surface area contributed by atoms with Gasteiger partial charge in [-0.05, 0) is 45.1 Å². The number of aryl methyl sites for hydroxylation is 1. The first kappa shape index (κ1) is 13.3. The van der Waals surface area contributed by atoms with Crippen molar-refractivity contribution < 1.29 is 5.11 Å². The lowest BCUT2D eigenvalue weighted by molar-refractivity contribution is 0.163. The van der Waals surface area contributed by atoms with E-state index in [2.05, 4.69) is 15.3 Å². The van der Waals surface area contributed by atoms with Gasteiger partial charge in [-0.1, -0.05) is 11.8 Å². The number of aliphatic hydroxyl groups is 1. The normalized spacial score (nSPS) is 30.7. The maximum atomic E-state index is 9.72. The molecule has 0 amide bonds. The smallest absolute Gasteiger partial charge is 0.187 e. The molecule has 5 heteroatoms. The second-order valence-corrected chi connectivity index (χ2v) is 7.09. The van der Waals surface area contributed by atoms with E-state index in [0.717, 1.165) is 30.1 Å². The Morgan fingerprint density at radius 2 is 2.32 bits per heavy atom. The predicted octanol–water partition coefficient (Wildman–Crippen LogP) is 1.91. The van der Waals surface area contributed by atoms with Gasteiger partial charge in [0.15, 0.2) is 5.16 Å². The minimum atomic E-state index is -0.0529. The SMILES string of the molecule is Cc1ccnc(SC2CCC(CO)(NC3CC3)C2)n1. The molecule has 0 saturated heterocycles. The topological polar surface area (TPSA) is 58.0 Å². The van der Waals surface area contributed by atoms with Gasteiger partial charge in [0, 0.05) is 28.7 Å². The van der Waals surface area contributed by atoms with Crippen molar-refractivity contribution in [2.75, 3.05) is 6.61 Å². The first-order valence-electron chi connectivity index (χ1n) is 7.04. The van der Waals surface area contributed by atoms with Crippen molar-refractivity contribution in [3.8, 4) is 0 Å². The molecule has 104 valence electrons. The molecule has 1 heterocycles. The quantitative estimate of drug-likeness (QED) is 0.806. The maximum absolute atomic E-state index is 9.72. The Kier molecular flexibility index (Phi) is 3.78. The molecule has 0 aliphatic heterocycles. The molecule has 0 spiro atoms. The molecule has 3 rings (SSSR count). The van der Waals surface area contributed by atoms with Crippen LogP contribution in [0.5, 0.6) is 0 Å². The summed E-state index contributed by atoms with van der Waals surface area (Å²) >= 11 is 1.76. The number of nitrogens with one attached hydrogen (secondary N) is 1. The van der Waals surface area contributed by atoms with Crippen LogP contribution in [0.4, 0.5) is 0 Å². The Morgan fingerprint density at radius 3 is 3.00 bits per heavy atom. The fourth-order valence-corrected chi connectivity index (χ4v) is 4.05. The number of nitrogens with zero attached hydrogens (tertiary/aromatic N) is 2. The molecule has 19 heavy (non-hydrogen) atoms. The molecular weight excluding hydrogens is 258 g/mol. The molecule has 2 fully saturated rings. The van der Waals surface area contributed by atoms with Gasteiger partial charge in [-0.15, -0.1) is 0 Å². The van der Waals surface area contributed by atoms with Crippen molar-refractivity contribution in [1.82, 2.24) is 15.3 Å². The molecule has 2 aliphatic rings. The highest BCUT2D eigenvalue weighted by molar-refractivity contribution is 7.99. The van der Waals surface area contributed by atoms with Gasteiger partial charge in [0.05, 0.1) is 6.61 Å². The summed E-state index contributed by atoms with van der Waals surface area (Å²) in [4.78, 5) is 8.77. The van der Waals surface area contributed by atoms with Crippen molar-refractivity contribution in [2.45, 2.75) is 61.0 Å². The zero-order valence-electron chi connectivity index (χ0n) is 11.3. The fourth-order valence-electron chi connectivity index (χ4n) is 2.79. The average molecular weight is 279 g/mol. The second kappa shape index (κ2) is 5.38. The third-order valence-electron chi connectivity index (χ3n) is 4.00. The van der Waals surface area contributed by atoms with E-state index >= 15 is 0 Å². The van der Waals surface area contributed by atoms with Gasteiger partial charge >= 0.3 is 0 Å². The minimum Gasteiger partial charge on any atom is -0.394 e. The highest BCUT2D eigenvalue weighted by Crippen LogP contribution is 2.40. The number of rotatable bonds is 5. The summed E-state index contributed by atoms with van der Waals surface area (Å²) in [6, 6.07) is 2.57. The van der Waals surface area contributed by atoms with E-state index < -0.39 is 0 Å². The van der Waals surface area contributed by atoms with E-state index in [-0.39, 0.29) is 12.1 Å². The zero-order valence-corrected chi connectivity index (χ0v) is 12.1. The predicted molar refractivity (Wildman–Crippen MR) is 76.2 cm³/mol. The van der Waals surface area contributed by atoms with Gasteiger partial charge in [-0.2, -0.15) is 0 Å². The third kappa shape index (κ3) is 3.27. The van der Waals surface area contributed by atoms with E-state index in [1.807, 2.05) is 19.2 Å². The molecular formula is C14H21N3OS. The highest BCUT2D eigenvalue weighted by atomic mass is 32.2. The van der Waals surface area contributed by atoms with Crippen LogP contribution in [0.3, 0.4) is 0 Å². The van der Waals surface area contributed by atoms with Crippen molar-refractivity contribution in [2.24, 2.45) is 0 Å². The van der Waals surface area contributed by atoms with Gasteiger partial charge in [0.1, 0.15) is 0 Å². The summed E-state index contributed by atoms with van der Waals surface area (Å²) < 4.78 is 0. The molecule has 0 bridgehead atoms. The Labute approximate surface area is 118 Å². The summed E-state index contributed by atoms with van der Waals surface area (Å²) in [5, 5.41) is 14.7. The van der Waals surface area contributed by atoms with Gasteiger partial charge in [-0.3, -0.25) is 0 Å². The Morgan fingerprint density at radius 1 is 1.47 bits per heavy atom. The Balaban J connectivity index is 1.61. The summed E-state index contributed by atoms with van der Waals surface area (Å²) in [5.41, 5.74) is 0.961. The van der Waals surface area contributed by atoms with E-state index in [0.29, 0.717) is 11.3 Å². The van der Waals surface area contributed by atoms with E-state index in [9.17, 15) is 5.11 Å². The van der Waals surface area contributed by atoms with Crippen molar-refractivity contribution in [3.63, 3.8) is 0 Å². The molecule has 2 N–H and O–H groups in total. The lowest BCUT2D eigenvalue weighted by Crippen LogP contribution is -2.47. The third-order valence-corrected chi connectivity index (χ3v) is 5.14. The van der Waals surface area contributed by atoms with Crippen LogP contribution in [0.25, 0.3) is 0 Å². The summed E-state index contributed by atoms with van der Waals surface area (Å²) in [5.74, 6) is 0. The number of hydrogen-bond acceptors (Lipinski definition) is 5. The molecule has 2 unspecified atom stereocenters. The van der Waals surface area contributed by atoms with Crippen LogP contribution in [0.2, 0.25) is 0 Å². The Bertz CT molecular complexity index is 452. The molecule has 0 radical (unpaired) electrons. The van der Waals surface area contributed by atoms with Gasteiger partial charge in [0.2, 0.25) is 0 Å². The number of aliphatic hydroxyl groups excluding tert-OH is 1. The van der Waals surface area contributed by atoms with Crippen molar-refractivity contribution >= 4 is 11.8 Å². The standard InChI is InChI=1S/C14H21N3OS/c1-10-5-7-15-13(16-10)19-12-4-6-14(8-12,9-18)17-11-2-3-11/h5,7,11-12,17-18H,2-4,6,8-9H2,1H3. The van der Waals surface area contributed by atoms with E-state index in [4.69, 9.17) is 0 Å². The molecule has 0 aromatic carbocycles. The number of hydrogen-bond donors (Lipinski definition) is 2. The molecule has 2 aliphatic carbocycles. The second-order valence-electron chi connectivity index (χ2n) is 5.82. The number of thioether (sulfide) groups is 1. The van der Waals surface area contributed by atoms with Gasteiger partial charge < -0.3 is 10.4 Å². The number of aromatic nitrogens is 2. The summed E-state index contributed by atoms with van der Waals surface area (Å²) in [6.45, 7) is 2.24. The largest absolute Gasteiger partial charge is 0.394 e. The highest BCUT2D eigenvalue weighted by Gasteiger charge is 2.42. The van der Waals surface area contributed by atoms with Crippen LogP contribution >= 0.6 is 11.8 Å². The van der Waals surface area contributed by atoms with Crippen molar-refractivity contribution in [1.29, 1.82) is 0 Å². The molecule has 2 atom stereocenters. The van der Waals surface area contributed by atoms with Crippen LogP contribution in [-0.2, 0) is 0 Å². The Hall–Kier alpha value is -0.650. The molecule has 4 nitrogen and oxygen atoms in total. The summed E-state index contributed by atoms with van der Waals surface area (Å²) in [7, 11) is 0. The minimum absolute atomic E-state index is 0.0529. The van der Waals surface area contributed by atoms with E-state index in [1.165, 1.54) is 12.8 Å². The molecule has 1 aromatic rings. The fraction of sp³-hybridized carbons (Fsp3) is 0.714. The van der Waals surface area contributed by atoms with Crippen LogP contribution < -0.4 is 5.32 Å². The first-order chi connectivity index (χ1) is 9.19. The molecule has 1 aromatic heterocycles. The van der Waals surface area contributed by atoms with Crippen LogP contribution in [0.1, 0.15) is 37.8 Å². The van der Waals surface area contributed by atoms with Crippen molar-refractivity contribution in [3.05, 3.63) is 18.0 Å². The lowest BCUT2D eigenvalue weighted by Gasteiger charge is -2.28. The van der Waals surface area contributed by atoms with Crippen LogP contribution in [0.15, 0.2) is 17.4 Å². The first-order valence-corrected chi connectivity index (χ1v) is 7.92. The average Bonchev–Trinajstić information content (AvgIpc) is 3.11. The molecule has 2 saturated carbocycles. The van der Waals surface area contributed by atoms with Crippen LogP contribution in [0, 0.1) is 6.92 Å². The monoisotopic (exact) mass is 279 g/mol. The lowest BCUT2D eigenvalue weighted by atomic mass is 9.99. The van der Waals surface area contributed by atoms with Crippen LogP contribution in [-0.4, -0.2) is 38.5 Å². The summed E-state index contributed by atoms with van der Waals surface area (Å²) in [6.07, 6.45) is 7.55. The van der Waals surface area contributed by atoms with Gasteiger partial charge in [-0.25, -0.2) is 9.97 Å². The zero-order chi connectivity index (χ0) is 13.3.